The molecule has 1 aromatic heterocycles. The normalized spacial score (nSPS) is 21.6. The third-order valence-electron chi connectivity index (χ3n) is 6.32. The molecule has 3 aliphatic rings. The Kier molecular flexibility index (Phi) is 5.47. The van der Waals surface area contributed by atoms with Crippen molar-refractivity contribution in [1.82, 2.24) is 10.3 Å². The average molecular weight is 431 g/mol. The molecule has 2 unspecified atom stereocenters. The quantitative estimate of drug-likeness (QED) is 0.726. The average Bonchev–Trinajstić information content (AvgIpc) is 3.18. The Bertz CT molecular complexity index is 1200. The molecule has 1 aromatic carbocycles. The van der Waals surface area contributed by atoms with Gasteiger partial charge in [-0.3, -0.25) is 9.59 Å². The smallest absolute Gasteiger partial charge is 0.260 e. The fraction of sp³-hybridized carbons (Fsp3) is 0.360. The van der Waals surface area contributed by atoms with E-state index in [4.69, 9.17) is 4.74 Å². The summed E-state index contributed by atoms with van der Waals surface area (Å²) < 4.78 is 5.37. The van der Waals surface area contributed by atoms with E-state index < -0.39 is 0 Å². The van der Waals surface area contributed by atoms with E-state index in [9.17, 15) is 9.59 Å². The van der Waals surface area contributed by atoms with Crippen LogP contribution in [0.4, 0.5) is 0 Å². The molecule has 7 nitrogen and oxygen atoms in total. The molecule has 2 aliphatic carbocycles. The van der Waals surface area contributed by atoms with Gasteiger partial charge in [0.05, 0.1) is 18.9 Å². The monoisotopic (exact) mass is 430 g/mol. The van der Waals surface area contributed by atoms with Crippen LogP contribution in [0.1, 0.15) is 49.4 Å². The fourth-order valence-electron chi connectivity index (χ4n) is 4.72. The van der Waals surface area contributed by atoms with Crippen molar-refractivity contribution in [2.24, 2.45) is 15.9 Å². The molecule has 2 atom stereocenters. The first-order valence-corrected chi connectivity index (χ1v) is 11.1. The highest BCUT2D eigenvalue weighted by Gasteiger charge is 2.27. The van der Waals surface area contributed by atoms with Gasteiger partial charge >= 0.3 is 0 Å². The predicted octanol–water partition coefficient (Wildman–Crippen LogP) is 3.96. The number of amidine groups is 1. The standard InChI is InChI=1S/C25H26N4O3/c1-32-15-12-13-20-18(14-15)16-7-4-9-21(24(16)28-20)27-23(30)11-5-10-22-26-19-8-3-2-6-17(19)25(31)29-22/h2-3,6,8,12-14,17,21,28H,4-5,7,9-11H2,1H3,(H,27,30). The molecule has 2 N–H and O–H groups in total. The lowest BCUT2D eigenvalue weighted by molar-refractivity contribution is -0.122. The molecule has 2 heterocycles. The van der Waals surface area contributed by atoms with E-state index in [-0.39, 0.29) is 23.8 Å². The molecule has 0 saturated heterocycles. The maximum Gasteiger partial charge on any atom is 0.260 e. The molecule has 32 heavy (non-hydrogen) atoms. The number of amides is 2. The zero-order valence-corrected chi connectivity index (χ0v) is 18.1. The Labute approximate surface area is 186 Å². The summed E-state index contributed by atoms with van der Waals surface area (Å²) in [5, 5.41) is 4.36. The number of H-pyrrole nitrogens is 1. The van der Waals surface area contributed by atoms with Gasteiger partial charge in [0.1, 0.15) is 17.5 Å². The molecule has 164 valence electrons. The van der Waals surface area contributed by atoms with Crippen LogP contribution >= 0.6 is 0 Å². The van der Waals surface area contributed by atoms with Gasteiger partial charge in [-0.25, -0.2) is 4.99 Å². The van der Waals surface area contributed by atoms with Gasteiger partial charge in [-0.2, -0.15) is 4.99 Å². The van der Waals surface area contributed by atoms with E-state index in [1.165, 1.54) is 10.9 Å². The van der Waals surface area contributed by atoms with Crippen LogP contribution in [0.3, 0.4) is 0 Å². The first-order chi connectivity index (χ1) is 15.6. The highest BCUT2D eigenvalue weighted by atomic mass is 16.5. The van der Waals surface area contributed by atoms with Crippen LogP contribution in [0.15, 0.2) is 52.5 Å². The topological polar surface area (TPSA) is 95.9 Å². The molecule has 0 radical (unpaired) electrons. The van der Waals surface area contributed by atoms with Crippen molar-refractivity contribution in [2.45, 2.75) is 44.6 Å². The number of methoxy groups -OCH3 is 1. The van der Waals surface area contributed by atoms with E-state index in [1.54, 1.807) is 7.11 Å². The molecule has 2 amide bonds. The van der Waals surface area contributed by atoms with Crippen molar-refractivity contribution in [1.29, 1.82) is 0 Å². The minimum absolute atomic E-state index is 0.00727. The number of benzene rings is 1. The summed E-state index contributed by atoms with van der Waals surface area (Å²) in [5.41, 5.74) is 4.17. The molecule has 0 bridgehead atoms. The second kappa shape index (κ2) is 8.57. The molecule has 5 rings (SSSR count). The number of nitrogens with zero attached hydrogens (tertiary/aromatic N) is 2. The number of allylic oxidation sites excluding steroid dienone is 3. The largest absolute Gasteiger partial charge is 0.497 e. The summed E-state index contributed by atoms with van der Waals surface area (Å²) in [6, 6.07) is 6.02. The fourth-order valence-corrected chi connectivity index (χ4v) is 4.72. The Hall–Kier alpha value is -3.48. The first-order valence-electron chi connectivity index (χ1n) is 11.1. The van der Waals surface area contributed by atoms with Crippen molar-refractivity contribution >= 4 is 34.3 Å². The van der Waals surface area contributed by atoms with Crippen molar-refractivity contribution in [2.75, 3.05) is 7.11 Å². The van der Waals surface area contributed by atoms with E-state index in [1.807, 2.05) is 36.4 Å². The van der Waals surface area contributed by atoms with Crippen LogP contribution in [0.5, 0.6) is 5.75 Å². The number of aliphatic imine (C=N–C) groups is 2. The van der Waals surface area contributed by atoms with Crippen LogP contribution in [-0.2, 0) is 16.0 Å². The van der Waals surface area contributed by atoms with Crippen LogP contribution in [0.25, 0.3) is 10.9 Å². The van der Waals surface area contributed by atoms with E-state index in [0.29, 0.717) is 25.1 Å². The SMILES string of the molecule is COc1ccc2[nH]c3c(c2c1)CCCC3NC(=O)CCCC1=NC(=O)C2C=CC=CC2=N1. The van der Waals surface area contributed by atoms with Gasteiger partial charge in [0.15, 0.2) is 0 Å². The van der Waals surface area contributed by atoms with Gasteiger partial charge in [-0.05, 0) is 55.5 Å². The van der Waals surface area contributed by atoms with E-state index in [0.717, 1.165) is 41.9 Å². The Morgan fingerprint density at radius 3 is 3.06 bits per heavy atom. The lowest BCUT2D eigenvalue weighted by Crippen LogP contribution is -2.31. The minimum Gasteiger partial charge on any atom is -0.497 e. The summed E-state index contributed by atoms with van der Waals surface area (Å²) in [6.45, 7) is 0. The third kappa shape index (κ3) is 3.90. The summed E-state index contributed by atoms with van der Waals surface area (Å²) in [6.07, 6.45) is 11.8. The second-order valence-corrected chi connectivity index (χ2v) is 8.42. The molecule has 2 aromatic rings. The number of carbonyl (C=O) groups excluding carboxylic acids is 2. The van der Waals surface area contributed by atoms with Crippen molar-refractivity contribution < 1.29 is 14.3 Å². The Balaban J connectivity index is 1.21. The highest BCUT2D eigenvalue weighted by Crippen LogP contribution is 2.36. The molecule has 0 fully saturated rings. The van der Waals surface area contributed by atoms with Crippen LogP contribution < -0.4 is 10.1 Å². The number of aromatic amines is 1. The van der Waals surface area contributed by atoms with Gasteiger partial charge in [0, 0.05) is 29.4 Å². The molecule has 0 saturated carbocycles. The van der Waals surface area contributed by atoms with Crippen LogP contribution in [0, 0.1) is 5.92 Å². The summed E-state index contributed by atoms with van der Waals surface area (Å²) in [4.78, 5) is 37.0. The molecule has 7 heteroatoms. The van der Waals surface area contributed by atoms with E-state index >= 15 is 0 Å². The number of fused-ring (bicyclic) bond motifs is 4. The number of ether oxygens (including phenoxy) is 1. The Morgan fingerprint density at radius 1 is 1.28 bits per heavy atom. The number of hydrogen-bond acceptors (Lipinski definition) is 4. The molecule has 0 spiro atoms. The number of carbonyl (C=O) groups is 2. The third-order valence-corrected chi connectivity index (χ3v) is 6.32. The predicted molar refractivity (Wildman–Crippen MR) is 124 cm³/mol. The van der Waals surface area contributed by atoms with Gasteiger partial charge in [0.2, 0.25) is 5.91 Å². The number of rotatable bonds is 6. The summed E-state index contributed by atoms with van der Waals surface area (Å²) in [5.74, 6) is 0.819. The molecular formula is C25H26N4O3. The first kappa shape index (κ1) is 20.4. The maximum absolute atomic E-state index is 12.7. The van der Waals surface area contributed by atoms with Gasteiger partial charge in [-0.1, -0.05) is 18.2 Å². The number of aromatic nitrogens is 1. The van der Waals surface area contributed by atoms with Gasteiger partial charge < -0.3 is 15.0 Å². The second-order valence-electron chi connectivity index (χ2n) is 8.42. The summed E-state index contributed by atoms with van der Waals surface area (Å²) >= 11 is 0. The number of aryl methyl sites for hydroxylation is 1. The van der Waals surface area contributed by atoms with Gasteiger partial charge in [0.25, 0.3) is 5.91 Å². The molecule has 1 aliphatic heterocycles. The lowest BCUT2D eigenvalue weighted by atomic mass is 9.91. The van der Waals surface area contributed by atoms with Crippen molar-refractivity contribution in [3.8, 4) is 5.75 Å². The Morgan fingerprint density at radius 2 is 2.19 bits per heavy atom. The van der Waals surface area contributed by atoms with E-state index in [2.05, 4.69) is 26.4 Å². The summed E-state index contributed by atoms with van der Waals surface area (Å²) in [7, 11) is 1.67. The number of hydrogen-bond donors (Lipinski definition) is 2. The van der Waals surface area contributed by atoms with Crippen molar-refractivity contribution in [3.05, 3.63) is 53.8 Å². The number of nitrogens with one attached hydrogen (secondary N) is 2. The van der Waals surface area contributed by atoms with Crippen LogP contribution in [0.2, 0.25) is 0 Å². The van der Waals surface area contributed by atoms with Gasteiger partial charge in [-0.15, -0.1) is 0 Å². The highest BCUT2D eigenvalue weighted by molar-refractivity contribution is 6.21. The van der Waals surface area contributed by atoms with Crippen molar-refractivity contribution in [3.63, 3.8) is 0 Å². The maximum atomic E-state index is 12.7. The zero-order chi connectivity index (χ0) is 22.1. The lowest BCUT2D eigenvalue weighted by Gasteiger charge is -2.24. The molecular weight excluding hydrogens is 404 g/mol. The zero-order valence-electron chi connectivity index (χ0n) is 18.1. The minimum atomic E-state index is -0.358. The van der Waals surface area contributed by atoms with Crippen LogP contribution in [-0.4, -0.2) is 35.5 Å².